The van der Waals surface area contributed by atoms with Gasteiger partial charge in [0.15, 0.2) is 17.5 Å². The Morgan fingerprint density at radius 1 is 1.07 bits per heavy atom. The number of hydrogen-bond donors (Lipinski definition) is 0. The van der Waals surface area contributed by atoms with Crippen LogP contribution in [0.25, 0.3) is 11.3 Å². The molecule has 0 aliphatic rings. The highest BCUT2D eigenvalue weighted by Gasteiger charge is 2.03. The fourth-order valence-electron chi connectivity index (χ4n) is 1.30. The van der Waals surface area contributed by atoms with Crippen LogP contribution in [0.2, 0.25) is 0 Å². The van der Waals surface area contributed by atoms with E-state index in [0.717, 1.165) is 5.56 Å². The molecule has 2 aromatic rings. The molecule has 0 unspecified atom stereocenters. The highest BCUT2D eigenvalue weighted by atomic mass is 16.3. The van der Waals surface area contributed by atoms with Crippen LogP contribution in [-0.2, 0) is 0 Å². The molecule has 0 fully saturated rings. The van der Waals surface area contributed by atoms with Crippen LogP contribution in [0, 0.1) is 0 Å². The van der Waals surface area contributed by atoms with Gasteiger partial charge in [-0.25, -0.2) is 0 Å². The van der Waals surface area contributed by atoms with E-state index in [4.69, 9.17) is 4.42 Å². The highest BCUT2D eigenvalue weighted by molar-refractivity contribution is 5.71. The number of hydrogen-bond acceptors (Lipinski definition) is 3. The van der Waals surface area contributed by atoms with Gasteiger partial charge < -0.3 is 4.42 Å². The molecule has 3 nitrogen and oxygen atoms in total. The summed E-state index contributed by atoms with van der Waals surface area (Å²) < 4.78 is 5.23. The van der Waals surface area contributed by atoms with Crippen LogP contribution >= 0.6 is 0 Å². The molecule has 0 atom stereocenters. The lowest BCUT2D eigenvalue weighted by Crippen LogP contribution is -1.99. The molecule has 0 saturated carbocycles. The third-order valence-electron chi connectivity index (χ3n) is 1.96. The first-order valence-corrected chi connectivity index (χ1v) is 4.45. The van der Waals surface area contributed by atoms with E-state index < -0.39 is 0 Å². The molecule has 0 amide bonds. The number of aldehydes is 1. The molecular formula is C12H8O3. The molecule has 1 aromatic heterocycles. The molecule has 3 heteroatoms. The molecule has 0 N–H and O–H groups in total. The van der Waals surface area contributed by atoms with Crippen molar-refractivity contribution in [2.45, 2.75) is 0 Å². The quantitative estimate of drug-likeness (QED) is 0.697. The van der Waals surface area contributed by atoms with Crippen LogP contribution in [0.5, 0.6) is 0 Å². The summed E-state index contributed by atoms with van der Waals surface area (Å²) >= 11 is 0. The van der Waals surface area contributed by atoms with E-state index in [0.29, 0.717) is 12.0 Å². The van der Waals surface area contributed by atoms with Crippen LogP contribution in [0.4, 0.5) is 0 Å². The third-order valence-corrected chi connectivity index (χ3v) is 1.96. The Labute approximate surface area is 86.0 Å². The van der Waals surface area contributed by atoms with Crippen molar-refractivity contribution in [3.63, 3.8) is 0 Å². The van der Waals surface area contributed by atoms with E-state index in [-0.39, 0.29) is 11.2 Å². The van der Waals surface area contributed by atoms with Crippen molar-refractivity contribution in [1.82, 2.24) is 0 Å². The van der Waals surface area contributed by atoms with Gasteiger partial charge in [0, 0.05) is 17.7 Å². The minimum atomic E-state index is -0.234. The molecule has 0 aliphatic carbocycles. The lowest BCUT2D eigenvalue weighted by Gasteiger charge is -1.99. The Balaban J connectivity index is 2.59. The Morgan fingerprint density at radius 3 is 2.47 bits per heavy atom. The van der Waals surface area contributed by atoms with Gasteiger partial charge in [-0.15, -0.1) is 0 Å². The van der Waals surface area contributed by atoms with Crippen LogP contribution in [0.15, 0.2) is 51.7 Å². The predicted octanol–water partition coefficient (Wildman–Crippen LogP) is 2.12. The highest BCUT2D eigenvalue weighted by Crippen LogP contribution is 2.17. The number of rotatable bonds is 2. The maximum Gasteiger partial charge on any atom is 0.186 e. The monoisotopic (exact) mass is 200 g/mol. The first-order chi connectivity index (χ1) is 7.29. The van der Waals surface area contributed by atoms with Gasteiger partial charge in [0.1, 0.15) is 5.76 Å². The molecule has 74 valence electrons. The van der Waals surface area contributed by atoms with Crippen molar-refractivity contribution in [3.05, 3.63) is 58.4 Å². The van der Waals surface area contributed by atoms with E-state index >= 15 is 0 Å². The summed E-state index contributed by atoms with van der Waals surface area (Å²) in [5, 5.41) is 0. The zero-order valence-electron chi connectivity index (χ0n) is 7.84. The average Bonchev–Trinajstić information content (AvgIpc) is 2.29. The van der Waals surface area contributed by atoms with E-state index in [1.54, 1.807) is 0 Å². The van der Waals surface area contributed by atoms with Crippen LogP contribution in [0.3, 0.4) is 0 Å². The topological polar surface area (TPSA) is 47.3 Å². The Bertz CT molecular complexity index is 526. The molecule has 1 aromatic carbocycles. The van der Waals surface area contributed by atoms with Gasteiger partial charge in [-0.05, 0) is 0 Å². The van der Waals surface area contributed by atoms with Crippen molar-refractivity contribution in [3.8, 4) is 11.3 Å². The minimum Gasteiger partial charge on any atom is -0.453 e. The Morgan fingerprint density at radius 2 is 1.80 bits per heavy atom. The predicted molar refractivity (Wildman–Crippen MR) is 55.8 cm³/mol. The van der Waals surface area contributed by atoms with Crippen molar-refractivity contribution in [1.29, 1.82) is 0 Å². The van der Waals surface area contributed by atoms with Crippen molar-refractivity contribution < 1.29 is 9.21 Å². The maximum atomic E-state index is 11.2. The van der Waals surface area contributed by atoms with Gasteiger partial charge in [0.05, 0.1) is 0 Å². The lowest BCUT2D eigenvalue weighted by atomic mass is 10.1. The summed E-state index contributed by atoms with van der Waals surface area (Å²) in [5.41, 5.74) is 0.542. The summed E-state index contributed by atoms with van der Waals surface area (Å²) in [4.78, 5) is 21.7. The van der Waals surface area contributed by atoms with E-state index in [9.17, 15) is 9.59 Å². The van der Waals surface area contributed by atoms with E-state index in [1.165, 1.54) is 12.1 Å². The summed E-state index contributed by atoms with van der Waals surface area (Å²) in [6.07, 6.45) is 0.522. The molecule has 0 aliphatic heterocycles. The molecule has 1 heterocycles. The lowest BCUT2D eigenvalue weighted by molar-refractivity contribution is 0.109. The largest absolute Gasteiger partial charge is 0.453 e. The van der Waals surface area contributed by atoms with Crippen LogP contribution in [-0.4, -0.2) is 6.29 Å². The fraction of sp³-hybridized carbons (Fsp3) is 0. The van der Waals surface area contributed by atoms with Gasteiger partial charge in [-0.1, -0.05) is 30.3 Å². The molecule has 0 saturated heterocycles. The first kappa shape index (κ1) is 9.40. The summed E-state index contributed by atoms with van der Waals surface area (Å²) in [5.74, 6) is 0.451. The smallest absolute Gasteiger partial charge is 0.186 e. The minimum absolute atomic E-state index is 0.0429. The van der Waals surface area contributed by atoms with Gasteiger partial charge in [0.2, 0.25) is 0 Å². The van der Waals surface area contributed by atoms with E-state index in [2.05, 4.69) is 0 Å². The molecule has 2 rings (SSSR count). The second-order valence-corrected chi connectivity index (χ2v) is 3.04. The number of carbonyl (C=O) groups excluding carboxylic acids is 1. The van der Waals surface area contributed by atoms with Gasteiger partial charge >= 0.3 is 0 Å². The average molecular weight is 200 g/mol. The summed E-state index contributed by atoms with van der Waals surface area (Å²) in [6.45, 7) is 0. The van der Waals surface area contributed by atoms with Crippen molar-refractivity contribution in [2.24, 2.45) is 0 Å². The van der Waals surface area contributed by atoms with Gasteiger partial charge in [0.25, 0.3) is 0 Å². The number of benzene rings is 1. The summed E-state index contributed by atoms with van der Waals surface area (Å²) in [7, 11) is 0. The zero-order chi connectivity index (χ0) is 10.7. The SMILES string of the molecule is O=Cc1cc(=O)cc(-c2ccccc2)o1. The molecule has 0 spiro atoms. The normalized spacial score (nSPS) is 9.87. The number of carbonyl (C=O) groups is 1. The Kier molecular flexibility index (Phi) is 2.46. The Hall–Kier alpha value is -2.16. The van der Waals surface area contributed by atoms with Gasteiger partial charge in [-0.2, -0.15) is 0 Å². The van der Waals surface area contributed by atoms with E-state index in [1.807, 2.05) is 30.3 Å². The fourth-order valence-corrected chi connectivity index (χ4v) is 1.30. The second-order valence-electron chi connectivity index (χ2n) is 3.04. The summed E-state index contributed by atoms with van der Waals surface area (Å²) in [6, 6.07) is 11.7. The van der Waals surface area contributed by atoms with Crippen molar-refractivity contribution >= 4 is 6.29 Å². The maximum absolute atomic E-state index is 11.2. The van der Waals surface area contributed by atoms with Gasteiger partial charge in [-0.3, -0.25) is 9.59 Å². The first-order valence-electron chi connectivity index (χ1n) is 4.45. The zero-order valence-corrected chi connectivity index (χ0v) is 7.84. The molecule has 0 bridgehead atoms. The second kappa shape index (κ2) is 3.92. The van der Waals surface area contributed by atoms with Crippen LogP contribution < -0.4 is 5.43 Å². The molecule has 15 heavy (non-hydrogen) atoms. The van der Waals surface area contributed by atoms with Crippen LogP contribution in [0.1, 0.15) is 10.6 Å². The van der Waals surface area contributed by atoms with Crippen molar-refractivity contribution in [2.75, 3.05) is 0 Å². The molecule has 0 radical (unpaired) electrons. The third kappa shape index (κ3) is 2.02. The molecular weight excluding hydrogens is 192 g/mol. The standard InChI is InChI=1S/C12H8O3/c13-8-11-6-10(14)7-12(15-11)9-4-2-1-3-5-9/h1-8H.